The lowest BCUT2D eigenvalue weighted by Crippen LogP contribution is -2.01. The van der Waals surface area contributed by atoms with Crippen LogP contribution in [-0.4, -0.2) is 20.0 Å². The van der Waals surface area contributed by atoms with E-state index in [-0.39, 0.29) is 0 Å². The minimum atomic E-state index is 0.612. The van der Waals surface area contributed by atoms with Gasteiger partial charge in [0.05, 0.1) is 17.3 Å². The lowest BCUT2D eigenvalue weighted by atomic mass is 10.3. The van der Waals surface area contributed by atoms with E-state index in [1.165, 1.54) is 0 Å². The molecule has 0 amide bonds. The maximum Gasteiger partial charge on any atom is 0.0932 e. The van der Waals surface area contributed by atoms with Crippen molar-refractivity contribution >= 4 is 27.5 Å². The Hall–Kier alpha value is -0.940. The van der Waals surface area contributed by atoms with Crippen molar-refractivity contribution in [1.29, 1.82) is 0 Å². The second-order valence-electron chi connectivity index (χ2n) is 3.01. The van der Waals surface area contributed by atoms with Crippen LogP contribution in [0.1, 0.15) is 11.3 Å². The van der Waals surface area contributed by atoms with Crippen LogP contribution in [0.25, 0.3) is 0 Å². The molecule has 2 rings (SSSR count). The summed E-state index contributed by atoms with van der Waals surface area (Å²) in [4.78, 5) is 3.92. The highest BCUT2D eigenvalue weighted by Gasteiger charge is 2.03. The predicted molar refractivity (Wildman–Crippen MR) is 61.0 cm³/mol. The van der Waals surface area contributed by atoms with Crippen molar-refractivity contribution in [3.8, 4) is 0 Å². The van der Waals surface area contributed by atoms with Gasteiger partial charge in [-0.1, -0.05) is 32.7 Å². The summed E-state index contributed by atoms with van der Waals surface area (Å²) in [7, 11) is 0. The first-order chi connectivity index (χ1) is 7.29. The van der Waals surface area contributed by atoms with Crippen LogP contribution in [0.5, 0.6) is 0 Å². The molecule has 2 heterocycles. The van der Waals surface area contributed by atoms with Gasteiger partial charge < -0.3 is 0 Å². The van der Waals surface area contributed by atoms with E-state index in [2.05, 4.69) is 31.2 Å². The fraction of sp³-hybridized carbons (Fsp3) is 0.222. The third kappa shape index (κ3) is 2.54. The van der Waals surface area contributed by atoms with Gasteiger partial charge in [-0.25, -0.2) is 4.68 Å². The Morgan fingerprint density at radius 1 is 1.47 bits per heavy atom. The Balaban J connectivity index is 2.18. The third-order valence-corrected chi connectivity index (χ3v) is 2.83. The zero-order valence-corrected chi connectivity index (χ0v) is 10.1. The molecule has 6 heteroatoms. The summed E-state index contributed by atoms with van der Waals surface area (Å²) in [5, 5.41) is 9.30. The lowest BCUT2D eigenvalue weighted by Gasteiger charge is -2.01. The minimum absolute atomic E-state index is 0.612. The van der Waals surface area contributed by atoms with Crippen LogP contribution in [0.4, 0.5) is 0 Å². The lowest BCUT2D eigenvalue weighted by molar-refractivity contribution is 0.649. The van der Waals surface area contributed by atoms with Gasteiger partial charge in [-0.05, 0) is 11.6 Å². The first-order valence-electron chi connectivity index (χ1n) is 4.33. The molecule has 0 spiro atoms. The summed E-state index contributed by atoms with van der Waals surface area (Å²) in [6.07, 6.45) is 5.22. The first-order valence-corrected chi connectivity index (χ1v) is 5.83. The minimum Gasteiger partial charge on any atom is -0.263 e. The number of hydrogen-bond acceptors (Lipinski definition) is 3. The van der Waals surface area contributed by atoms with Crippen molar-refractivity contribution in [3.05, 3.63) is 40.9 Å². The zero-order valence-electron chi connectivity index (χ0n) is 7.77. The topological polar surface area (TPSA) is 43.6 Å². The van der Waals surface area contributed by atoms with Gasteiger partial charge in [0.15, 0.2) is 0 Å². The van der Waals surface area contributed by atoms with Crippen LogP contribution >= 0.6 is 27.5 Å². The largest absolute Gasteiger partial charge is 0.263 e. The van der Waals surface area contributed by atoms with Crippen LogP contribution in [0.2, 0.25) is 5.02 Å². The summed E-state index contributed by atoms with van der Waals surface area (Å²) in [5.74, 6) is 0. The van der Waals surface area contributed by atoms with Gasteiger partial charge in [0.25, 0.3) is 0 Å². The molecule has 0 fully saturated rings. The Bertz CT molecular complexity index is 457. The van der Waals surface area contributed by atoms with Crippen molar-refractivity contribution in [1.82, 2.24) is 20.0 Å². The second-order valence-corrected chi connectivity index (χ2v) is 3.98. The highest BCUT2D eigenvalue weighted by Crippen LogP contribution is 2.14. The van der Waals surface area contributed by atoms with E-state index in [4.69, 9.17) is 11.6 Å². The molecule has 0 atom stereocenters. The van der Waals surface area contributed by atoms with E-state index in [1.807, 2.05) is 12.3 Å². The molecule has 0 aromatic carbocycles. The molecular weight excluding hydrogens is 279 g/mol. The third-order valence-electron chi connectivity index (χ3n) is 1.91. The Kier molecular flexibility index (Phi) is 3.33. The van der Waals surface area contributed by atoms with Crippen molar-refractivity contribution in [2.75, 3.05) is 0 Å². The van der Waals surface area contributed by atoms with E-state index in [0.29, 0.717) is 16.9 Å². The van der Waals surface area contributed by atoms with E-state index in [0.717, 1.165) is 11.3 Å². The van der Waals surface area contributed by atoms with Gasteiger partial charge in [0.1, 0.15) is 0 Å². The normalized spacial score (nSPS) is 10.5. The molecule has 0 N–H and O–H groups in total. The van der Waals surface area contributed by atoms with Gasteiger partial charge in [0.2, 0.25) is 0 Å². The highest BCUT2D eigenvalue weighted by molar-refractivity contribution is 9.08. The standard InChI is InChI=1S/C9H8BrClN4/c10-3-8-6-15(14-13-8)5-7-1-2-12-4-9(7)11/h1-2,4,6H,3,5H2. The summed E-state index contributed by atoms with van der Waals surface area (Å²) < 4.78 is 1.75. The molecule has 0 unspecified atom stereocenters. The second kappa shape index (κ2) is 4.72. The maximum atomic E-state index is 5.98. The summed E-state index contributed by atoms with van der Waals surface area (Å²) in [5.41, 5.74) is 1.89. The Morgan fingerprint density at radius 2 is 2.33 bits per heavy atom. The number of alkyl halides is 1. The molecule has 0 saturated carbocycles. The molecule has 0 saturated heterocycles. The fourth-order valence-corrected chi connectivity index (χ4v) is 1.62. The smallest absolute Gasteiger partial charge is 0.0932 e. The maximum absolute atomic E-state index is 5.98. The summed E-state index contributed by atoms with van der Waals surface area (Å²) in [6, 6.07) is 1.87. The van der Waals surface area contributed by atoms with Gasteiger partial charge in [-0.2, -0.15) is 0 Å². The van der Waals surface area contributed by atoms with E-state index < -0.39 is 0 Å². The predicted octanol–water partition coefficient (Wildman–Crippen LogP) is 2.27. The molecule has 78 valence electrons. The molecule has 0 aliphatic heterocycles. The average Bonchev–Trinajstić information content (AvgIpc) is 2.69. The zero-order chi connectivity index (χ0) is 10.7. The van der Waals surface area contributed by atoms with E-state index in [9.17, 15) is 0 Å². The number of hydrogen-bond donors (Lipinski definition) is 0. The Labute approximate surface area is 100 Å². The molecule has 0 aliphatic rings. The quantitative estimate of drug-likeness (QED) is 0.813. The van der Waals surface area contributed by atoms with Crippen LogP contribution in [0.3, 0.4) is 0 Å². The molecule has 0 radical (unpaired) electrons. The Morgan fingerprint density at radius 3 is 3.00 bits per heavy atom. The van der Waals surface area contributed by atoms with Crippen LogP contribution in [0.15, 0.2) is 24.7 Å². The average molecular weight is 288 g/mol. The number of halogens is 2. The van der Waals surface area contributed by atoms with Crippen molar-refractivity contribution in [2.45, 2.75) is 11.9 Å². The summed E-state index contributed by atoms with van der Waals surface area (Å²) in [6.45, 7) is 0.612. The monoisotopic (exact) mass is 286 g/mol. The summed E-state index contributed by atoms with van der Waals surface area (Å²) >= 11 is 9.30. The number of rotatable bonds is 3. The van der Waals surface area contributed by atoms with Crippen LogP contribution < -0.4 is 0 Å². The van der Waals surface area contributed by atoms with Gasteiger partial charge in [-0.15, -0.1) is 5.10 Å². The van der Waals surface area contributed by atoms with Gasteiger partial charge >= 0.3 is 0 Å². The molecule has 2 aromatic rings. The molecule has 0 bridgehead atoms. The molecule has 4 nitrogen and oxygen atoms in total. The molecule has 2 aromatic heterocycles. The van der Waals surface area contributed by atoms with Crippen molar-refractivity contribution in [3.63, 3.8) is 0 Å². The van der Waals surface area contributed by atoms with Gasteiger partial charge in [-0.3, -0.25) is 4.98 Å². The SMILES string of the molecule is Clc1cnccc1Cn1cc(CBr)nn1. The van der Waals surface area contributed by atoms with Crippen LogP contribution in [0, 0.1) is 0 Å². The first kappa shape index (κ1) is 10.6. The fourth-order valence-electron chi connectivity index (χ4n) is 1.18. The molecule has 0 aliphatic carbocycles. The number of nitrogens with zero attached hydrogens (tertiary/aromatic N) is 4. The van der Waals surface area contributed by atoms with Crippen LogP contribution in [-0.2, 0) is 11.9 Å². The van der Waals surface area contributed by atoms with Crippen molar-refractivity contribution in [2.24, 2.45) is 0 Å². The molecule has 15 heavy (non-hydrogen) atoms. The van der Waals surface area contributed by atoms with Crippen molar-refractivity contribution < 1.29 is 0 Å². The molecular formula is C9H8BrClN4. The van der Waals surface area contributed by atoms with Gasteiger partial charge in [0, 0.05) is 23.9 Å². The van der Waals surface area contributed by atoms with E-state index >= 15 is 0 Å². The number of aromatic nitrogens is 4. The highest BCUT2D eigenvalue weighted by atomic mass is 79.9. The van der Waals surface area contributed by atoms with E-state index in [1.54, 1.807) is 17.1 Å². The number of pyridine rings is 1.